The molecule has 110 valence electrons. The van der Waals surface area contributed by atoms with Crippen molar-refractivity contribution in [3.63, 3.8) is 0 Å². The van der Waals surface area contributed by atoms with Gasteiger partial charge in [0.05, 0.1) is 11.5 Å². The zero-order chi connectivity index (χ0) is 13.2. The highest BCUT2D eigenvalue weighted by atomic mass is 35.5. The molecule has 0 aliphatic heterocycles. The van der Waals surface area contributed by atoms with Crippen LogP contribution < -0.4 is 10.5 Å². The van der Waals surface area contributed by atoms with Crippen molar-refractivity contribution in [2.75, 3.05) is 24.3 Å². The molecule has 6 nitrogen and oxygen atoms in total. The molecule has 0 bridgehead atoms. The maximum Gasteiger partial charge on any atom is 0.213 e. The molecule has 18 heavy (non-hydrogen) atoms. The van der Waals surface area contributed by atoms with E-state index in [1.807, 2.05) is 0 Å². The normalized spacial score (nSPS) is 19.4. The van der Waals surface area contributed by atoms with Gasteiger partial charge in [-0.15, -0.1) is 12.4 Å². The third-order valence-electron chi connectivity index (χ3n) is 3.05. The van der Waals surface area contributed by atoms with Crippen molar-refractivity contribution in [1.29, 1.82) is 0 Å². The van der Waals surface area contributed by atoms with Gasteiger partial charge in [0.15, 0.2) is 0 Å². The highest BCUT2D eigenvalue weighted by Gasteiger charge is 2.36. The number of nitrogens with one attached hydrogen (secondary N) is 1. The van der Waals surface area contributed by atoms with Crippen LogP contribution >= 0.6 is 12.4 Å². The summed E-state index contributed by atoms with van der Waals surface area (Å²) >= 11 is 0. The van der Waals surface area contributed by atoms with Gasteiger partial charge in [-0.1, -0.05) is 12.8 Å². The third kappa shape index (κ3) is 5.83. The first-order chi connectivity index (χ1) is 7.68. The molecule has 1 aliphatic carbocycles. The number of sulfone groups is 1. The molecule has 0 aromatic heterocycles. The van der Waals surface area contributed by atoms with E-state index in [1.54, 1.807) is 0 Å². The Labute approximate surface area is 115 Å². The minimum atomic E-state index is -3.58. The molecule has 0 radical (unpaired) electrons. The second-order valence-corrected chi connectivity index (χ2v) is 8.84. The molecule has 0 spiro atoms. The summed E-state index contributed by atoms with van der Waals surface area (Å²) in [6, 6.07) is 0. The fraction of sp³-hybridized carbons (Fsp3) is 1.00. The summed E-state index contributed by atoms with van der Waals surface area (Å²) < 4.78 is 48.0. The monoisotopic (exact) mass is 320 g/mol. The van der Waals surface area contributed by atoms with Crippen molar-refractivity contribution >= 4 is 32.3 Å². The van der Waals surface area contributed by atoms with Crippen LogP contribution in [0.5, 0.6) is 0 Å². The zero-order valence-corrected chi connectivity index (χ0v) is 12.8. The van der Waals surface area contributed by atoms with Crippen LogP contribution in [0, 0.1) is 0 Å². The summed E-state index contributed by atoms with van der Waals surface area (Å²) in [5, 5.41) is 0. The van der Waals surface area contributed by atoms with E-state index >= 15 is 0 Å². The van der Waals surface area contributed by atoms with Gasteiger partial charge in [0, 0.05) is 18.3 Å². The number of hydrogen-bond acceptors (Lipinski definition) is 5. The lowest BCUT2D eigenvalue weighted by molar-refractivity contribution is 0.400. The lowest BCUT2D eigenvalue weighted by Crippen LogP contribution is -2.52. The van der Waals surface area contributed by atoms with Crippen molar-refractivity contribution < 1.29 is 16.8 Å². The molecule has 1 saturated carbocycles. The Hall–Kier alpha value is 0.110. The first-order valence-corrected chi connectivity index (χ1v) is 9.29. The Kier molecular flexibility index (Phi) is 6.55. The first kappa shape index (κ1) is 18.1. The molecule has 0 heterocycles. The van der Waals surface area contributed by atoms with E-state index in [1.165, 1.54) is 0 Å². The number of halogens is 1. The summed E-state index contributed by atoms with van der Waals surface area (Å²) in [5.74, 6) is -0.753. The molecule has 0 unspecified atom stereocenters. The topological polar surface area (TPSA) is 106 Å². The first-order valence-electron chi connectivity index (χ1n) is 5.58. The molecule has 1 fully saturated rings. The van der Waals surface area contributed by atoms with Crippen LogP contribution in [-0.4, -0.2) is 46.7 Å². The van der Waals surface area contributed by atoms with Crippen LogP contribution in [0.25, 0.3) is 0 Å². The van der Waals surface area contributed by atoms with Gasteiger partial charge in [0.2, 0.25) is 10.0 Å². The van der Waals surface area contributed by atoms with Gasteiger partial charge in [-0.3, -0.25) is 0 Å². The van der Waals surface area contributed by atoms with Gasteiger partial charge in [-0.2, -0.15) is 0 Å². The second kappa shape index (κ2) is 6.51. The van der Waals surface area contributed by atoms with Crippen molar-refractivity contribution in [2.24, 2.45) is 5.73 Å². The Morgan fingerprint density at radius 1 is 1.11 bits per heavy atom. The van der Waals surface area contributed by atoms with Gasteiger partial charge in [-0.05, 0) is 12.8 Å². The fourth-order valence-electron chi connectivity index (χ4n) is 2.04. The largest absolute Gasteiger partial charge is 0.329 e. The quantitative estimate of drug-likeness (QED) is 0.695. The lowest BCUT2D eigenvalue weighted by atomic mass is 10.0. The fourth-order valence-corrected chi connectivity index (χ4v) is 5.18. The summed E-state index contributed by atoms with van der Waals surface area (Å²) in [6.45, 7) is 0.255. The Bertz CT molecular complexity index is 455. The van der Waals surface area contributed by atoms with Crippen molar-refractivity contribution in [1.82, 2.24) is 4.72 Å². The van der Waals surface area contributed by atoms with Crippen molar-refractivity contribution in [3.8, 4) is 0 Å². The number of rotatable bonds is 6. The highest BCUT2D eigenvalue weighted by molar-refractivity contribution is 7.93. The minimum Gasteiger partial charge on any atom is -0.329 e. The van der Waals surface area contributed by atoms with E-state index in [-0.39, 0.29) is 24.7 Å². The smallest absolute Gasteiger partial charge is 0.213 e. The maximum atomic E-state index is 11.8. The van der Waals surface area contributed by atoms with E-state index in [0.717, 1.165) is 31.9 Å². The van der Waals surface area contributed by atoms with E-state index < -0.39 is 31.2 Å². The van der Waals surface area contributed by atoms with E-state index in [9.17, 15) is 16.8 Å². The van der Waals surface area contributed by atoms with Crippen molar-refractivity contribution in [2.45, 2.75) is 31.2 Å². The SMILES string of the molecule is CS(=O)(=O)CCS(=O)(=O)NC1(CN)CCCC1.Cl. The van der Waals surface area contributed by atoms with Crippen LogP contribution in [0.2, 0.25) is 0 Å². The Morgan fingerprint density at radius 3 is 2.00 bits per heavy atom. The van der Waals surface area contributed by atoms with E-state index in [4.69, 9.17) is 5.73 Å². The van der Waals surface area contributed by atoms with Gasteiger partial charge < -0.3 is 5.73 Å². The van der Waals surface area contributed by atoms with Gasteiger partial charge in [-0.25, -0.2) is 21.6 Å². The standard InChI is InChI=1S/C9H20N2O4S2.ClH/c1-16(12,13)6-7-17(14,15)11-9(8-10)4-2-3-5-9;/h11H,2-8,10H2,1H3;1H. The molecule has 0 atom stereocenters. The Morgan fingerprint density at radius 2 is 1.61 bits per heavy atom. The molecule has 0 amide bonds. The van der Waals surface area contributed by atoms with E-state index in [2.05, 4.69) is 4.72 Å². The average Bonchev–Trinajstić information content (AvgIpc) is 2.63. The number of nitrogens with two attached hydrogens (primary N) is 1. The maximum absolute atomic E-state index is 11.8. The lowest BCUT2D eigenvalue weighted by Gasteiger charge is -2.28. The highest BCUT2D eigenvalue weighted by Crippen LogP contribution is 2.29. The van der Waals surface area contributed by atoms with Gasteiger partial charge >= 0.3 is 0 Å². The molecule has 3 N–H and O–H groups in total. The van der Waals surface area contributed by atoms with Crippen LogP contribution in [0.3, 0.4) is 0 Å². The minimum absolute atomic E-state index is 0. The zero-order valence-electron chi connectivity index (χ0n) is 10.4. The van der Waals surface area contributed by atoms with Gasteiger partial charge in [0.25, 0.3) is 0 Å². The molecule has 9 heteroatoms. The van der Waals surface area contributed by atoms with E-state index in [0.29, 0.717) is 0 Å². The molecule has 0 aromatic rings. The molecule has 0 aromatic carbocycles. The summed E-state index contributed by atoms with van der Waals surface area (Å²) in [7, 11) is -6.85. The Balaban J connectivity index is 0.00000289. The van der Waals surface area contributed by atoms with Crippen LogP contribution in [-0.2, 0) is 19.9 Å². The van der Waals surface area contributed by atoms with Crippen LogP contribution in [0.1, 0.15) is 25.7 Å². The third-order valence-corrected chi connectivity index (χ3v) is 5.74. The molecule has 1 aliphatic rings. The van der Waals surface area contributed by atoms with Gasteiger partial charge in [0.1, 0.15) is 9.84 Å². The van der Waals surface area contributed by atoms with Crippen LogP contribution in [0.4, 0.5) is 0 Å². The average molecular weight is 321 g/mol. The predicted octanol–water partition coefficient (Wildman–Crippen LogP) is -0.356. The molecule has 0 saturated heterocycles. The van der Waals surface area contributed by atoms with Crippen molar-refractivity contribution in [3.05, 3.63) is 0 Å². The predicted molar refractivity (Wildman–Crippen MR) is 74.1 cm³/mol. The molecular weight excluding hydrogens is 300 g/mol. The summed E-state index contributed by atoms with van der Waals surface area (Å²) in [6.07, 6.45) is 4.37. The number of sulfonamides is 1. The summed E-state index contributed by atoms with van der Waals surface area (Å²) in [5.41, 5.74) is 5.05. The summed E-state index contributed by atoms with van der Waals surface area (Å²) in [4.78, 5) is 0. The van der Waals surface area contributed by atoms with Crippen LogP contribution in [0.15, 0.2) is 0 Å². The molecule has 1 rings (SSSR count). The number of hydrogen-bond donors (Lipinski definition) is 2. The molecular formula is C9H21ClN2O4S2. The second-order valence-electron chi connectivity index (χ2n) is 4.74.